The van der Waals surface area contributed by atoms with Crippen LogP contribution in [0.4, 0.5) is 4.79 Å². The van der Waals surface area contributed by atoms with Crippen LogP contribution >= 0.6 is 0 Å². The summed E-state index contributed by atoms with van der Waals surface area (Å²) in [5.41, 5.74) is 0.794. The Morgan fingerprint density at radius 1 is 0.840 bits per heavy atom. The topological polar surface area (TPSA) is 129 Å². The predicted octanol–water partition coefficient (Wildman–Crippen LogP) is 6.11. The first kappa shape index (κ1) is 40.0. The summed E-state index contributed by atoms with van der Waals surface area (Å²) in [5.74, 6) is -2.67. The van der Waals surface area contributed by atoms with E-state index >= 15 is 0 Å². The Kier molecular flexibility index (Phi) is 14.8. The molecule has 11 heteroatoms. The first-order valence-electron chi connectivity index (χ1n) is 17.5. The van der Waals surface area contributed by atoms with Crippen molar-refractivity contribution in [2.45, 2.75) is 117 Å². The van der Waals surface area contributed by atoms with E-state index in [2.05, 4.69) is 0 Å². The molecule has 11 nitrogen and oxygen atoms in total. The number of rotatable bonds is 15. The molecule has 2 aromatic carbocycles. The second kappa shape index (κ2) is 18.5. The maximum absolute atomic E-state index is 13.9. The Bertz CT molecular complexity index is 1420. The molecule has 1 aliphatic heterocycles. The molecule has 0 saturated carbocycles. The molecule has 1 heterocycles. The molecule has 50 heavy (non-hydrogen) atoms. The molecule has 3 rings (SSSR count). The molecule has 274 valence electrons. The SMILES string of the molecule is CC(C)C[C@@H](C(=O)O[C@@H]1CCCN([C@@H](CC(C)C)C(=O)O[C@H](Cc2ccccc2)C(=O)OCc2ccccc2)C1=O)N(C)C(=O)OC(C)(C)C. The summed E-state index contributed by atoms with van der Waals surface area (Å²) in [6, 6.07) is 16.4. The third kappa shape index (κ3) is 12.5. The van der Waals surface area contributed by atoms with Crippen molar-refractivity contribution in [2.75, 3.05) is 13.6 Å². The number of benzene rings is 2. The van der Waals surface area contributed by atoms with Gasteiger partial charge < -0.3 is 23.8 Å². The van der Waals surface area contributed by atoms with Crippen LogP contribution < -0.4 is 0 Å². The average molecular weight is 695 g/mol. The van der Waals surface area contributed by atoms with Gasteiger partial charge in [0.1, 0.15) is 24.3 Å². The first-order chi connectivity index (χ1) is 23.6. The van der Waals surface area contributed by atoms with Gasteiger partial charge in [-0.25, -0.2) is 19.2 Å². The highest BCUT2D eigenvalue weighted by atomic mass is 16.6. The van der Waals surface area contributed by atoms with Gasteiger partial charge in [-0.15, -0.1) is 0 Å². The third-order valence-electron chi connectivity index (χ3n) is 8.15. The normalized spacial score (nSPS) is 16.7. The summed E-state index contributed by atoms with van der Waals surface area (Å²) in [4.78, 5) is 70.3. The summed E-state index contributed by atoms with van der Waals surface area (Å²) in [6.45, 7) is 13.1. The van der Waals surface area contributed by atoms with E-state index in [1.165, 1.54) is 16.8 Å². The lowest BCUT2D eigenvalue weighted by atomic mass is 9.98. The largest absolute Gasteiger partial charge is 0.458 e. The maximum atomic E-state index is 13.9. The van der Waals surface area contributed by atoms with Crippen LogP contribution in [0, 0.1) is 11.8 Å². The maximum Gasteiger partial charge on any atom is 0.410 e. The van der Waals surface area contributed by atoms with Gasteiger partial charge in [0, 0.05) is 20.0 Å². The molecular formula is C39H54N2O9. The van der Waals surface area contributed by atoms with Gasteiger partial charge in [0.15, 0.2) is 6.10 Å². The van der Waals surface area contributed by atoms with Crippen molar-refractivity contribution < 1.29 is 42.9 Å². The predicted molar refractivity (Wildman–Crippen MR) is 188 cm³/mol. The third-order valence-corrected chi connectivity index (χ3v) is 8.15. The van der Waals surface area contributed by atoms with Crippen LogP contribution in [0.3, 0.4) is 0 Å². The van der Waals surface area contributed by atoms with Crippen LogP contribution in [0.25, 0.3) is 0 Å². The minimum absolute atomic E-state index is 0.0104. The average Bonchev–Trinajstić information content (AvgIpc) is 3.05. The fourth-order valence-corrected chi connectivity index (χ4v) is 5.66. The van der Waals surface area contributed by atoms with E-state index in [0.29, 0.717) is 12.8 Å². The van der Waals surface area contributed by atoms with Crippen molar-refractivity contribution in [1.82, 2.24) is 9.80 Å². The lowest BCUT2D eigenvalue weighted by molar-refractivity contribution is -0.178. The second-order valence-electron chi connectivity index (χ2n) is 14.7. The van der Waals surface area contributed by atoms with Crippen LogP contribution in [0.1, 0.15) is 85.3 Å². The molecule has 2 aromatic rings. The zero-order valence-electron chi connectivity index (χ0n) is 30.8. The number of ether oxygens (including phenoxy) is 4. The molecule has 2 amide bonds. The van der Waals surface area contributed by atoms with Crippen molar-refractivity contribution in [3.05, 3.63) is 71.8 Å². The van der Waals surface area contributed by atoms with Crippen LogP contribution in [-0.2, 0) is 51.2 Å². The van der Waals surface area contributed by atoms with E-state index in [4.69, 9.17) is 18.9 Å². The molecule has 0 radical (unpaired) electrons. The molecule has 4 atom stereocenters. The molecule has 1 aliphatic rings. The van der Waals surface area contributed by atoms with E-state index in [0.717, 1.165) is 11.1 Å². The number of piperidine rings is 1. The minimum Gasteiger partial charge on any atom is -0.458 e. The number of carbonyl (C=O) groups is 5. The van der Waals surface area contributed by atoms with E-state index in [1.54, 1.807) is 20.8 Å². The highest BCUT2D eigenvalue weighted by Crippen LogP contribution is 2.25. The quantitative estimate of drug-likeness (QED) is 0.160. The van der Waals surface area contributed by atoms with Crippen LogP contribution in [0.5, 0.6) is 0 Å². The van der Waals surface area contributed by atoms with Crippen molar-refractivity contribution >= 4 is 29.9 Å². The van der Waals surface area contributed by atoms with Crippen molar-refractivity contribution in [3.63, 3.8) is 0 Å². The van der Waals surface area contributed by atoms with Gasteiger partial charge in [-0.1, -0.05) is 88.4 Å². The number of hydrogen-bond acceptors (Lipinski definition) is 9. The molecule has 0 spiro atoms. The van der Waals surface area contributed by atoms with E-state index < -0.39 is 59.8 Å². The molecule has 0 N–H and O–H groups in total. The van der Waals surface area contributed by atoms with E-state index in [1.807, 2.05) is 88.4 Å². The molecule has 1 saturated heterocycles. The van der Waals surface area contributed by atoms with Gasteiger partial charge in [0.25, 0.3) is 5.91 Å². The van der Waals surface area contributed by atoms with Gasteiger partial charge in [-0.3, -0.25) is 9.69 Å². The smallest absolute Gasteiger partial charge is 0.410 e. The Morgan fingerprint density at radius 2 is 1.42 bits per heavy atom. The van der Waals surface area contributed by atoms with Gasteiger partial charge in [-0.2, -0.15) is 0 Å². The number of nitrogens with zero attached hydrogens (tertiary/aromatic N) is 2. The lowest BCUT2D eigenvalue weighted by Gasteiger charge is -2.38. The molecule has 1 fully saturated rings. The van der Waals surface area contributed by atoms with E-state index in [9.17, 15) is 24.0 Å². The summed E-state index contributed by atoms with van der Waals surface area (Å²) in [5, 5.41) is 0. The number of likely N-dealkylation sites (tertiary alicyclic amines) is 1. The number of hydrogen-bond donors (Lipinski definition) is 0. The molecule has 0 aliphatic carbocycles. The lowest BCUT2D eigenvalue weighted by Crippen LogP contribution is -2.55. The van der Waals surface area contributed by atoms with Gasteiger partial charge >= 0.3 is 24.0 Å². The summed E-state index contributed by atoms with van der Waals surface area (Å²) < 4.78 is 22.7. The first-order valence-corrected chi connectivity index (χ1v) is 17.5. The highest BCUT2D eigenvalue weighted by Gasteiger charge is 2.42. The fraction of sp³-hybridized carbons (Fsp3) is 0.564. The number of likely N-dealkylation sites (N-methyl/N-ethyl adjacent to an activating group) is 1. The Morgan fingerprint density at radius 3 is 1.98 bits per heavy atom. The van der Waals surface area contributed by atoms with Crippen molar-refractivity contribution in [3.8, 4) is 0 Å². The highest BCUT2D eigenvalue weighted by molar-refractivity contribution is 5.91. The zero-order chi connectivity index (χ0) is 37.0. The summed E-state index contributed by atoms with van der Waals surface area (Å²) in [7, 11) is 1.47. The van der Waals surface area contributed by atoms with Crippen LogP contribution in [0.2, 0.25) is 0 Å². The van der Waals surface area contributed by atoms with Crippen LogP contribution in [-0.4, -0.2) is 83.2 Å². The zero-order valence-corrected chi connectivity index (χ0v) is 30.8. The van der Waals surface area contributed by atoms with Crippen molar-refractivity contribution in [2.24, 2.45) is 11.8 Å². The molecule has 0 aromatic heterocycles. The van der Waals surface area contributed by atoms with E-state index in [-0.39, 0.29) is 44.2 Å². The van der Waals surface area contributed by atoms with Gasteiger partial charge in [-0.05, 0) is 69.4 Å². The molecule has 0 bridgehead atoms. The van der Waals surface area contributed by atoms with Gasteiger partial charge in [0.05, 0.1) is 0 Å². The van der Waals surface area contributed by atoms with Crippen LogP contribution in [0.15, 0.2) is 60.7 Å². The number of esters is 3. The Hall–Kier alpha value is -4.41. The number of carbonyl (C=O) groups excluding carboxylic acids is 5. The second-order valence-corrected chi connectivity index (χ2v) is 14.7. The summed E-state index contributed by atoms with van der Waals surface area (Å²) >= 11 is 0. The number of amides is 2. The minimum atomic E-state index is -1.25. The molecular weight excluding hydrogens is 640 g/mol. The fourth-order valence-electron chi connectivity index (χ4n) is 5.66. The Balaban J connectivity index is 1.80. The Labute approximate surface area is 296 Å². The van der Waals surface area contributed by atoms with Gasteiger partial charge in [0.2, 0.25) is 6.10 Å². The molecule has 0 unspecified atom stereocenters. The monoisotopic (exact) mass is 694 g/mol. The van der Waals surface area contributed by atoms with Crippen molar-refractivity contribution in [1.29, 1.82) is 0 Å². The standard InChI is InChI=1S/C39H54N2O9/c1-26(2)22-30(40(8)38(46)50-39(5,6)7)35(43)48-32-20-15-21-41(34(32)42)31(23-27(3)4)36(44)49-33(24-28-16-11-9-12-17-28)37(45)47-25-29-18-13-10-14-19-29/h9-14,16-19,26-27,30-33H,15,20-25H2,1-8H3/t30-,31-,32+,33+/m0/s1. The summed E-state index contributed by atoms with van der Waals surface area (Å²) in [6.07, 6.45) is -1.71.